The third-order valence-electron chi connectivity index (χ3n) is 4.79. The van der Waals surface area contributed by atoms with Crippen molar-refractivity contribution < 1.29 is 9.21 Å². The maximum atomic E-state index is 12.3. The first-order chi connectivity index (χ1) is 12.7. The van der Waals surface area contributed by atoms with E-state index in [4.69, 9.17) is 4.42 Å². The Kier molecular flexibility index (Phi) is 4.48. The number of anilines is 1. The van der Waals surface area contributed by atoms with Gasteiger partial charge in [0.2, 0.25) is 5.91 Å². The number of benzene rings is 2. The van der Waals surface area contributed by atoms with Gasteiger partial charge < -0.3 is 14.6 Å². The number of oxazole rings is 1. The molecule has 4 rings (SSSR count). The van der Waals surface area contributed by atoms with E-state index >= 15 is 0 Å². The van der Waals surface area contributed by atoms with Crippen LogP contribution in [0.25, 0.3) is 11.1 Å². The summed E-state index contributed by atoms with van der Waals surface area (Å²) >= 11 is 0. The highest BCUT2D eigenvalue weighted by molar-refractivity contribution is 5.79. The van der Waals surface area contributed by atoms with E-state index in [-0.39, 0.29) is 12.5 Å². The van der Waals surface area contributed by atoms with Crippen molar-refractivity contribution in [2.75, 3.05) is 24.5 Å². The summed E-state index contributed by atoms with van der Waals surface area (Å²) < 4.78 is 6.52. The van der Waals surface area contributed by atoms with Crippen molar-refractivity contribution in [2.45, 2.75) is 19.4 Å². The average molecular weight is 351 g/mol. The minimum atomic E-state index is -0.508. The molecule has 0 unspecified atom stereocenters. The number of carbonyl (C=O) groups excluding carboxylic acids is 1. The van der Waals surface area contributed by atoms with Crippen LogP contribution in [0.2, 0.25) is 0 Å². The number of rotatable bonds is 5. The van der Waals surface area contributed by atoms with Gasteiger partial charge in [-0.25, -0.2) is 4.79 Å². The molecule has 6 nitrogen and oxygen atoms in total. The van der Waals surface area contributed by atoms with Crippen molar-refractivity contribution in [3.8, 4) is 0 Å². The van der Waals surface area contributed by atoms with Gasteiger partial charge in [0.15, 0.2) is 5.58 Å². The molecule has 0 aliphatic carbocycles. The average Bonchev–Trinajstić information content (AvgIpc) is 2.97. The molecule has 134 valence electrons. The second-order valence-corrected chi connectivity index (χ2v) is 6.49. The van der Waals surface area contributed by atoms with Gasteiger partial charge in [-0.3, -0.25) is 9.36 Å². The zero-order valence-electron chi connectivity index (χ0n) is 14.5. The Hall–Kier alpha value is -3.02. The first kappa shape index (κ1) is 16.4. The fourth-order valence-corrected chi connectivity index (χ4v) is 3.54. The van der Waals surface area contributed by atoms with Gasteiger partial charge in [0.1, 0.15) is 6.54 Å². The summed E-state index contributed by atoms with van der Waals surface area (Å²) in [5.41, 5.74) is 3.75. The molecule has 1 aliphatic rings. The van der Waals surface area contributed by atoms with E-state index < -0.39 is 5.76 Å². The molecule has 3 aromatic rings. The molecule has 26 heavy (non-hydrogen) atoms. The Morgan fingerprint density at radius 1 is 1.12 bits per heavy atom. The molecule has 0 bridgehead atoms. The summed E-state index contributed by atoms with van der Waals surface area (Å²) in [6.07, 6.45) is 2.23. The van der Waals surface area contributed by atoms with Crippen LogP contribution >= 0.6 is 0 Å². The lowest BCUT2D eigenvalue weighted by molar-refractivity contribution is -0.121. The van der Waals surface area contributed by atoms with Crippen LogP contribution in [-0.4, -0.2) is 30.1 Å². The number of nitrogens with one attached hydrogen (secondary N) is 1. The second kappa shape index (κ2) is 7.07. The fraction of sp³-hybridized carbons (Fsp3) is 0.300. The second-order valence-electron chi connectivity index (χ2n) is 6.49. The molecule has 0 radical (unpaired) electrons. The normalized spacial score (nSPS) is 13.6. The van der Waals surface area contributed by atoms with E-state index in [1.807, 2.05) is 12.1 Å². The Bertz CT molecular complexity index is 989. The van der Waals surface area contributed by atoms with E-state index in [1.165, 1.54) is 15.8 Å². The molecule has 1 aromatic heterocycles. The third-order valence-corrected chi connectivity index (χ3v) is 4.79. The minimum Gasteiger partial charge on any atom is -0.408 e. The van der Waals surface area contributed by atoms with Crippen LogP contribution in [0, 0.1) is 0 Å². The molecule has 1 N–H and O–H groups in total. The van der Waals surface area contributed by atoms with Crippen LogP contribution in [0.3, 0.4) is 0 Å². The van der Waals surface area contributed by atoms with E-state index in [0.29, 0.717) is 17.6 Å². The molecule has 2 aromatic carbocycles. The number of hydrogen-bond acceptors (Lipinski definition) is 4. The summed E-state index contributed by atoms with van der Waals surface area (Å²) in [6, 6.07) is 15.5. The van der Waals surface area contributed by atoms with Crippen molar-refractivity contribution in [1.82, 2.24) is 9.88 Å². The van der Waals surface area contributed by atoms with Gasteiger partial charge in [-0.1, -0.05) is 30.3 Å². The summed E-state index contributed by atoms with van der Waals surface area (Å²) in [7, 11) is 0. The van der Waals surface area contributed by atoms with Crippen molar-refractivity contribution in [3.05, 3.63) is 64.6 Å². The van der Waals surface area contributed by atoms with Crippen LogP contribution in [-0.2, 0) is 17.8 Å². The summed E-state index contributed by atoms with van der Waals surface area (Å²) in [5.74, 6) is -0.699. The summed E-state index contributed by atoms with van der Waals surface area (Å²) in [5, 5.41) is 2.91. The predicted octanol–water partition coefficient (Wildman–Crippen LogP) is 2.16. The Morgan fingerprint density at radius 2 is 1.92 bits per heavy atom. The standard InChI is InChI=1S/C20H21N3O3/c24-19(14-23-17-9-3-4-10-18(17)26-20(23)25)21-11-13-22-12-5-7-15-6-1-2-8-16(15)22/h1-4,6,8-10H,5,7,11-14H2,(H,21,24). The van der Waals surface area contributed by atoms with E-state index in [0.717, 1.165) is 25.9 Å². The van der Waals surface area contributed by atoms with Gasteiger partial charge in [-0.15, -0.1) is 0 Å². The van der Waals surface area contributed by atoms with Gasteiger partial charge >= 0.3 is 5.76 Å². The molecule has 0 atom stereocenters. The SMILES string of the molecule is O=C(Cn1c(=O)oc2ccccc21)NCCN1CCCc2ccccc21. The molecule has 1 amide bonds. The van der Waals surface area contributed by atoms with Crippen molar-refractivity contribution in [1.29, 1.82) is 0 Å². The first-order valence-corrected chi connectivity index (χ1v) is 8.90. The van der Waals surface area contributed by atoms with Crippen molar-refractivity contribution in [2.24, 2.45) is 0 Å². The molecular weight excluding hydrogens is 330 g/mol. The van der Waals surface area contributed by atoms with Crippen LogP contribution in [0.15, 0.2) is 57.7 Å². The van der Waals surface area contributed by atoms with Gasteiger partial charge in [0.25, 0.3) is 0 Å². The quantitative estimate of drug-likeness (QED) is 0.765. The van der Waals surface area contributed by atoms with Crippen LogP contribution < -0.4 is 16.0 Å². The largest absolute Gasteiger partial charge is 0.420 e. The number of para-hydroxylation sites is 3. The van der Waals surface area contributed by atoms with E-state index in [2.05, 4.69) is 28.4 Å². The van der Waals surface area contributed by atoms with Gasteiger partial charge in [-0.2, -0.15) is 0 Å². The zero-order chi connectivity index (χ0) is 17.9. The van der Waals surface area contributed by atoms with Gasteiger partial charge in [0, 0.05) is 25.3 Å². The van der Waals surface area contributed by atoms with E-state index in [1.54, 1.807) is 18.2 Å². The monoisotopic (exact) mass is 351 g/mol. The van der Waals surface area contributed by atoms with Crippen molar-refractivity contribution >= 4 is 22.7 Å². The Labute approximate surface area is 151 Å². The number of carbonyl (C=O) groups is 1. The summed E-state index contributed by atoms with van der Waals surface area (Å²) in [4.78, 5) is 26.5. The maximum Gasteiger partial charge on any atom is 0.420 e. The molecular formula is C20H21N3O3. The molecule has 1 aliphatic heterocycles. The highest BCUT2D eigenvalue weighted by atomic mass is 16.4. The molecule has 0 spiro atoms. The van der Waals surface area contributed by atoms with E-state index in [9.17, 15) is 9.59 Å². The zero-order valence-corrected chi connectivity index (χ0v) is 14.5. The molecule has 0 saturated heterocycles. The van der Waals surface area contributed by atoms with Gasteiger partial charge in [-0.05, 0) is 36.6 Å². The molecule has 0 saturated carbocycles. The van der Waals surface area contributed by atoms with Crippen molar-refractivity contribution in [3.63, 3.8) is 0 Å². The smallest absolute Gasteiger partial charge is 0.408 e. The molecule has 2 heterocycles. The highest BCUT2D eigenvalue weighted by Gasteiger charge is 2.16. The lowest BCUT2D eigenvalue weighted by Crippen LogP contribution is -2.39. The Balaban J connectivity index is 1.36. The first-order valence-electron chi connectivity index (χ1n) is 8.90. The number of aromatic nitrogens is 1. The summed E-state index contributed by atoms with van der Waals surface area (Å²) in [6.45, 7) is 2.26. The number of fused-ring (bicyclic) bond motifs is 2. The maximum absolute atomic E-state index is 12.3. The lowest BCUT2D eigenvalue weighted by atomic mass is 10.0. The topological polar surface area (TPSA) is 67.5 Å². The Morgan fingerprint density at radius 3 is 2.85 bits per heavy atom. The number of hydrogen-bond donors (Lipinski definition) is 1. The van der Waals surface area contributed by atoms with Crippen LogP contribution in [0.1, 0.15) is 12.0 Å². The van der Waals surface area contributed by atoms with Gasteiger partial charge in [0.05, 0.1) is 5.52 Å². The highest BCUT2D eigenvalue weighted by Crippen LogP contribution is 2.25. The number of nitrogens with zero attached hydrogens (tertiary/aromatic N) is 2. The van der Waals surface area contributed by atoms with Crippen LogP contribution in [0.4, 0.5) is 5.69 Å². The predicted molar refractivity (Wildman–Crippen MR) is 100 cm³/mol. The fourth-order valence-electron chi connectivity index (χ4n) is 3.54. The number of amides is 1. The minimum absolute atomic E-state index is 0.0353. The lowest BCUT2D eigenvalue weighted by Gasteiger charge is -2.31. The number of aryl methyl sites for hydroxylation is 1. The molecule has 6 heteroatoms. The molecule has 0 fully saturated rings. The third kappa shape index (κ3) is 3.22. The van der Waals surface area contributed by atoms with Crippen LogP contribution in [0.5, 0.6) is 0 Å².